The van der Waals surface area contributed by atoms with Gasteiger partial charge in [0.15, 0.2) is 5.79 Å². The van der Waals surface area contributed by atoms with E-state index in [1.165, 1.54) is 0 Å². The Morgan fingerprint density at radius 3 is 1.95 bits per heavy atom. The average Bonchev–Trinajstić information content (AvgIpc) is 3.35. The van der Waals surface area contributed by atoms with Crippen LogP contribution in [0.5, 0.6) is 0 Å². The second-order valence-electron chi connectivity index (χ2n) is 5.93. The minimum Gasteiger partial charge on any atom is -0.376 e. The third kappa shape index (κ3) is 8.73. The molecule has 0 aromatic heterocycles. The van der Waals surface area contributed by atoms with E-state index in [2.05, 4.69) is 6.92 Å². The van der Waals surface area contributed by atoms with Crippen LogP contribution in [0, 0.1) is 5.92 Å². The smallest absolute Gasteiger partial charge is 0.165 e. The molecule has 0 bridgehead atoms. The van der Waals surface area contributed by atoms with Gasteiger partial charge < -0.3 is 24.4 Å². The van der Waals surface area contributed by atoms with Crippen LogP contribution in [0.2, 0.25) is 0 Å². The quantitative estimate of drug-likeness (QED) is 0.477. The minimum absolute atomic E-state index is 0.0439. The highest BCUT2D eigenvalue weighted by molar-refractivity contribution is 4.73. The van der Waals surface area contributed by atoms with Crippen LogP contribution in [0.25, 0.3) is 0 Å². The first-order valence-corrected chi connectivity index (χ1v) is 8.29. The lowest BCUT2D eigenvalue weighted by Gasteiger charge is -2.29. The van der Waals surface area contributed by atoms with Crippen molar-refractivity contribution in [3.63, 3.8) is 0 Å². The summed E-state index contributed by atoms with van der Waals surface area (Å²) in [6.45, 7) is 9.21. The zero-order chi connectivity index (χ0) is 15.7. The van der Waals surface area contributed by atoms with Crippen molar-refractivity contribution in [2.45, 2.75) is 70.9 Å². The molecule has 2 heterocycles. The number of epoxide rings is 2. The van der Waals surface area contributed by atoms with Gasteiger partial charge >= 0.3 is 0 Å². The normalized spacial score (nSPS) is 25.0. The molecule has 0 aliphatic carbocycles. The molecule has 5 nitrogen and oxygen atoms in total. The minimum atomic E-state index is -1.44. The summed E-state index contributed by atoms with van der Waals surface area (Å²) >= 11 is 0. The molecule has 21 heavy (non-hydrogen) atoms. The van der Waals surface area contributed by atoms with Crippen LogP contribution in [-0.4, -0.2) is 54.6 Å². The van der Waals surface area contributed by atoms with E-state index in [9.17, 15) is 10.2 Å². The molecule has 3 unspecified atom stereocenters. The fourth-order valence-electron chi connectivity index (χ4n) is 2.16. The predicted molar refractivity (Wildman–Crippen MR) is 81.1 cm³/mol. The number of rotatable bonds is 10. The van der Waals surface area contributed by atoms with Crippen LogP contribution in [-0.2, 0) is 14.2 Å². The molecule has 2 aliphatic heterocycles. The van der Waals surface area contributed by atoms with Crippen molar-refractivity contribution in [1.29, 1.82) is 0 Å². The zero-order valence-electron chi connectivity index (χ0n) is 13.7. The van der Waals surface area contributed by atoms with E-state index in [0.29, 0.717) is 18.6 Å². The van der Waals surface area contributed by atoms with Gasteiger partial charge in [0.1, 0.15) is 12.2 Å². The molecule has 2 fully saturated rings. The molecule has 2 saturated heterocycles. The van der Waals surface area contributed by atoms with E-state index in [4.69, 9.17) is 14.2 Å². The summed E-state index contributed by atoms with van der Waals surface area (Å²) in [6.07, 6.45) is 5.19. The van der Waals surface area contributed by atoms with Gasteiger partial charge in [-0.3, -0.25) is 0 Å². The molecule has 2 N–H and O–H groups in total. The fraction of sp³-hybridized carbons (Fsp3) is 1.00. The molecular formula is C16H32O5. The maximum atomic E-state index is 9.57. The molecule has 0 spiro atoms. The Bertz CT molecular complexity index is 249. The highest BCUT2D eigenvalue weighted by Crippen LogP contribution is 2.26. The summed E-state index contributed by atoms with van der Waals surface area (Å²) in [5.41, 5.74) is 0. The maximum absolute atomic E-state index is 9.57. The van der Waals surface area contributed by atoms with Crippen LogP contribution in [0.1, 0.15) is 52.9 Å². The summed E-state index contributed by atoms with van der Waals surface area (Å²) in [7, 11) is 0. The number of hydrogen-bond donors (Lipinski definition) is 2. The molecule has 3 atom stereocenters. The van der Waals surface area contributed by atoms with Crippen LogP contribution in [0.4, 0.5) is 0 Å². The van der Waals surface area contributed by atoms with Crippen LogP contribution < -0.4 is 0 Å². The van der Waals surface area contributed by atoms with Crippen molar-refractivity contribution in [3.8, 4) is 0 Å². The van der Waals surface area contributed by atoms with Crippen molar-refractivity contribution in [3.05, 3.63) is 0 Å². The van der Waals surface area contributed by atoms with Gasteiger partial charge in [-0.1, -0.05) is 33.6 Å². The maximum Gasteiger partial charge on any atom is 0.165 e. The van der Waals surface area contributed by atoms with E-state index in [1.807, 2.05) is 13.8 Å². The highest BCUT2D eigenvalue weighted by atomic mass is 16.6. The topological polar surface area (TPSA) is 74.8 Å². The largest absolute Gasteiger partial charge is 0.376 e. The molecule has 126 valence electrons. The molecule has 0 amide bonds. The second kappa shape index (κ2) is 9.74. The molecule has 5 heteroatoms. The van der Waals surface area contributed by atoms with Crippen molar-refractivity contribution in [2.75, 3.05) is 26.4 Å². The molecule has 0 aromatic carbocycles. The van der Waals surface area contributed by atoms with E-state index in [0.717, 1.165) is 52.1 Å². The van der Waals surface area contributed by atoms with Crippen molar-refractivity contribution in [1.82, 2.24) is 0 Å². The van der Waals surface area contributed by atoms with Gasteiger partial charge in [-0.05, 0) is 19.3 Å². The number of hydrogen-bond acceptors (Lipinski definition) is 5. The predicted octanol–water partition coefficient (Wildman–Crippen LogP) is 2.09. The van der Waals surface area contributed by atoms with Crippen molar-refractivity contribution in [2.24, 2.45) is 5.92 Å². The average molecular weight is 304 g/mol. The van der Waals surface area contributed by atoms with Gasteiger partial charge in [-0.15, -0.1) is 0 Å². The summed E-state index contributed by atoms with van der Waals surface area (Å²) in [4.78, 5) is 0. The van der Waals surface area contributed by atoms with Gasteiger partial charge in [0.25, 0.3) is 0 Å². The second-order valence-corrected chi connectivity index (χ2v) is 5.93. The Hall–Kier alpha value is -0.200. The van der Waals surface area contributed by atoms with E-state index < -0.39 is 5.79 Å². The summed E-state index contributed by atoms with van der Waals surface area (Å²) in [5, 5.41) is 19.1. The monoisotopic (exact) mass is 304 g/mol. The van der Waals surface area contributed by atoms with E-state index >= 15 is 0 Å². The first-order valence-electron chi connectivity index (χ1n) is 8.29. The van der Waals surface area contributed by atoms with Crippen molar-refractivity contribution >= 4 is 0 Å². The summed E-state index contributed by atoms with van der Waals surface area (Å²) < 4.78 is 15.1. The molecule has 2 rings (SSSR count). The Balaban J connectivity index is 0.000000216. The van der Waals surface area contributed by atoms with Crippen LogP contribution >= 0.6 is 0 Å². The van der Waals surface area contributed by atoms with Gasteiger partial charge in [-0.2, -0.15) is 0 Å². The lowest BCUT2D eigenvalue weighted by atomic mass is 9.89. The highest BCUT2D eigenvalue weighted by Gasteiger charge is 2.30. The zero-order valence-corrected chi connectivity index (χ0v) is 13.7. The van der Waals surface area contributed by atoms with E-state index in [-0.39, 0.29) is 5.92 Å². The van der Waals surface area contributed by atoms with Crippen molar-refractivity contribution < 1.29 is 24.4 Å². The standard InChI is InChI=1S/C10H22O2.C6H10O3/c1-4-7-8-9(5-2)10(11,12)6-3;1(5-3-8-5)7-2-6-4-9-6/h9,11-12H,4-8H2,1-3H3;5-6H,1-4H2. The summed E-state index contributed by atoms with van der Waals surface area (Å²) in [5.74, 6) is -1.40. The Morgan fingerprint density at radius 2 is 1.62 bits per heavy atom. The molecule has 0 radical (unpaired) electrons. The number of unbranched alkanes of at least 4 members (excludes halogenated alkanes) is 1. The number of ether oxygens (including phenoxy) is 3. The van der Waals surface area contributed by atoms with Gasteiger partial charge in [0, 0.05) is 5.92 Å². The fourth-order valence-corrected chi connectivity index (χ4v) is 2.16. The van der Waals surface area contributed by atoms with Gasteiger partial charge in [-0.25, -0.2) is 0 Å². The lowest BCUT2D eigenvalue weighted by Crippen LogP contribution is -2.36. The van der Waals surface area contributed by atoms with Gasteiger partial charge in [0.05, 0.1) is 26.4 Å². The van der Waals surface area contributed by atoms with E-state index in [1.54, 1.807) is 0 Å². The number of aliphatic hydroxyl groups is 2. The third-order valence-electron chi connectivity index (χ3n) is 3.99. The summed E-state index contributed by atoms with van der Waals surface area (Å²) in [6, 6.07) is 0. The lowest BCUT2D eigenvalue weighted by molar-refractivity contribution is -0.204. The molecular weight excluding hydrogens is 272 g/mol. The first kappa shape index (κ1) is 18.8. The van der Waals surface area contributed by atoms with Crippen LogP contribution in [0.15, 0.2) is 0 Å². The van der Waals surface area contributed by atoms with Gasteiger partial charge in [0.2, 0.25) is 0 Å². The molecule has 0 saturated carbocycles. The Morgan fingerprint density at radius 1 is 1.10 bits per heavy atom. The Kier molecular flexibility index (Phi) is 8.74. The van der Waals surface area contributed by atoms with Crippen LogP contribution in [0.3, 0.4) is 0 Å². The molecule has 0 aromatic rings. The first-order chi connectivity index (χ1) is 10.0. The third-order valence-corrected chi connectivity index (χ3v) is 3.99. The molecule has 2 aliphatic rings. The Labute approximate surface area is 128 Å². The SMILES string of the molecule is C(OCC1CO1)C1CO1.CCCCC(CC)C(O)(O)CC.